The Morgan fingerprint density at radius 1 is 0.920 bits per heavy atom. The van der Waals surface area contributed by atoms with Crippen molar-refractivity contribution in [1.29, 1.82) is 0 Å². The molecule has 0 aliphatic heterocycles. The second-order valence-corrected chi connectivity index (χ2v) is 6.26. The topological polar surface area (TPSA) is 83.1 Å². The third-order valence-corrected chi connectivity index (χ3v) is 4.06. The zero-order chi connectivity index (χ0) is 17.6. The number of anilines is 4. The molecule has 0 saturated carbocycles. The van der Waals surface area contributed by atoms with E-state index in [4.69, 9.17) is 0 Å². The molecule has 0 aliphatic carbocycles. The van der Waals surface area contributed by atoms with Gasteiger partial charge in [-0.25, -0.2) is 4.98 Å². The van der Waals surface area contributed by atoms with E-state index in [1.54, 1.807) is 30.5 Å². The molecule has 3 aromatic rings. The maximum absolute atomic E-state index is 12.3. The minimum absolute atomic E-state index is 0.152. The predicted molar refractivity (Wildman–Crippen MR) is 101 cm³/mol. The number of carbonyl (C=O) groups excluding carboxylic acids is 2. The van der Waals surface area contributed by atoms with Gasteiger partial charge in [0.2, 0.25) is 5.91 Å². The monoisotopic (exact) mass is 352 g/mol. The molecule has 2 amide bonds. The van der Waals surface area contributed by atoms with Crippen LogP contribution in [0.15, 0.2) is 60.8 Å². The van der Waals surface area contributed by atoms with Gasteiger partial charge in [0.15, 0.2) is 5.13 Å². The lowest BCUT2D eigenvalue weighted by Crippen LogP contribution is -2.11. The number of amides is 2. The molecule has 0 fully saturated rings. The van der Waals surface area contributed by atoms with Crippen molar-refractivity contribution < 1.29 is 9.59 Å². The first-order valence-corrected chi connectivity index (χ1v) is 8.39. The number of rotatable bonds is 5. The maximum atomic E-state index is 12.3. The summed E-state index contributed by atoms with van der Waals surface area (Å²) in [5, 5.41) is 10.00. The SMILES string of the molecule is CC(=O)Nc1ccc(C(=O)Nc2cnc(Nc3ccccc3)s2)cc1. The van der Waals surface area contributed by atoms with Crippen LogP contribution in [-0.4, -0.2) is 16.8 Å². The van der Waals surface area contributed by atoms with Gasteiger partial charge in [-0.2, -0.15) is 0 Å². The van der Waals surface area contributed by atoms with E-state index in [1.807, 2.05) is 30.3 Å². The first-order chi connectivity index (χ1) is 12.1. The first kappa shape index (κ1) is 16.7. The average Bonchev–Trinajstić information content (AvgIpc) is 3.02. The van der Waals surface area contributed by atoms with Crippen molar-refractivity contribution in [2.45, 2.75) is 6.92 Å². The molecule has 25 heavy (non-hydrogen) atoms. The lowest BCUT2D eigenvalue weighted by Gasteiger charge is -2.05. The minimum Gasteiger partial charge on any atom is -0.331 e. The van der Waals surface area contributed by atoms with Crippen LogP contribution in [0.4, 0.5) is 21.5 Å². The number of benzene rings is 2. The highest BCUT2D eigenvalue weighted by Crippen LogP contribution is 2.26. The number of thiazole rings is 1. The molecular formula is C18H16N4O2S. The zero-order valence-corrected chi connectivity index (χ0v) is 14.3. The Morgan fingerprint density at radius 2 is 1.64 bits per heavy atom. The molecule has 0 bridgehead atoms. The molecule has 3 rings (SSSR count). The summed E-state index contributed by atoms with van der Waals surface area (Å²) < 4.78 is 0. The molecule has 2 aromatic carbocycles. The molecule has 6 nitrogen and oxygen atoms in total. The maximum Gasteiger partial charge on any atom is 0.256 e. The number of hydrogen-bond acceptors (Lipinski definition) is 5. The second kappa shape index (κ2) is 7.59. The van der Waals surface area contributed by atoms with Gasteiger partial charge < -0.3 is 16.0 Å². The smallest absolute Gasteiger partial charge is 0.256 e. The van der Waals surface area contributed by atoms with Crippen molar-refractivity contribution in [2.24, 2.45) is 0 Å². The van der Waals surface area contributed by atoms with Crippen LogP contribution >= 0.6 is 11.3 Å². The first-order valence-electron chi connectivity index (χ1n) is 7.57. The molecular weight excluding hydrogens is 336 g/mol. The van der Waals surface area contributed by atoms with Crippen LogP contribution in [-0.2, 0) is 4.79 Å². The summed E-state index contributed by atoms with van der Waals surface area (Å²) in [4.78, 5) is 27.5. The molecule has 0 aliphatic rings. The number of para-hydroxylation sites is 1. The van der Waals surface area contributed by atoms with Crippen molar-refractivity contribution >= 4 is 44.7 Å². The van der Waals surface area contributed by atoms with Gasteiger partial charge >= 0.3 is 0 Å². The number of aromatic nitrogens is 1. The molecule has 0 radical (unpaired) electrons. The molecule has 3 N–H and O–H groups in total. The average molecular weight is 352 g/mol. The summed E-state index contributed by atoms with van der Waals surface area (Å²) in [6.45, 7) is 1.44. The summed E-state index contributed by atoms with van der Waals surface area (Å²) in [5.41, 5.74) is 2.08. The molecule has 0 spiro atoms. The van der Waals surface area contributed by atoms with E-state index in [-0.39, 0.29) is 11.8 Å². The Morgan fingerprint density at radius 3 is 2.32 bits per heavy atom. The molecule has 7 heteroatoms. The van der Waals surface area contributed by atoms with Gasteiger partial charge in [0.05, 0.1) is 6.20 Å². The molecule has 0 unspecified atom stereocenters. The predicted octanol–water partition coefficient (Wildman–Crippen LogP) is 4.10. The lowest BCUT2D eigenvalue weighted by molar-refractivity contribution is -0.114. The third kappa shape index (κ3) is 4.65. The number of carbonyl (C=O) groups is 2. The summed E-state index contributed by atoms with van der Waals surface area (Å²) in [6.07, 6.45) is 1.61. The highest BCUT2D eigenvalue weighted by Gasteiger charge is 2.09. The van der Waals surface area contributed by atoms with Crippen molar-refractivity contribution in [2.75, 3.05) is 16.0 Å². The Hall–Kier alpha value is -3.19. The number of nitrogens with one attached hydrogen (secondary N) is 3. The van der Waals surface area contributed by atoms with E-state index in [9.17, 15) is 9.59 Å². The largest absolute Gasteiger partial charge is 0.331 e. The fourth-order valence-electron chi connectivity index (χ4n) is 2.13. The van der Waals surface area contributed by atoms with E-state index in [0.717, 1.165) is 5.69 Å². The van der Waals surface area contributed by atoms with Gasteiger partial charge in [0.25, 0.3) is 5.91 Å². The van der Waals surface area contributed by atoms with Crippen molar-refractivity contribution in [3.05, 3.63) is 66.4 Å². The minimum atomic E-state index is -0.232. The van der Waals surface area contributed by atoms with E-state index >= 15 is 0 Å². The van der Waals surface area contributed by atoms with Crippen LogP contribution in [0.2, 0.25) is 0 Å². The zero-order valence-electron chi connectivity index (χ0n) is 13.4. The van der Waals surface area contributed by atoms with Gasteiger partial charge in [0.1, 0.15) is 5.00 Å². The van der Waals surface area contributed by atoms with E-state index in [1.165, 1.54) is 18.3 Å². The summed E-state index contributed by atoms with van der Waals surface area (Å²) in [6, 6.07) is 16.4. The quantitative estimate of drug-likeness (QED) is 0.646. The summed E-state index contributed by atoms with van der Waals surface area (Å²) in [7, 11) is 0. The van der Waals surface area contributed by atoms with E-state index < -0.39 is 0 Å². The Bertz CT molecular complexity index is 876. The molecule has 1 aromatic heterocycles. The van der Waals surface area contributed by atoms with Crippen LogP contribution in [0.5, 0.6) is 0 Å². The van der Waals surface area contributed by atoms with Crippen LogP contribution in [0.3, 0.4) is 0 Å². The summed E-state index contributed by atoms with van der Waals surface area (Å²) in [5.74, 6) is -0.385. The van der Waals surface area contributed by atoms with Gasteiger partial charge in [-0.3, -0.25) is 9.59 Å². The van der Waals surface area contributed by atoms with Crippen molar-refractivity contribution in [3.8, 4) is 0 Å². The van der Waals surface area contributed by atoms with E-state index in [2.05, 4.69) is 20.9 Å². The molecule has 126 valence electrons. The van der Waals surface area contributed by atoms with Crippen LogP contribution in [0.25, 0.3) is 0 Å². The van der Waals surface area contributed by atoms with Crippen molar-refractivity contribution in [1.82, 2.24) is 4.98 Å². The number of hydrogen-bond donors (Lipinski definition) is 3. The van der Waals surface area contributed by atoms with Gasteiger partial charge in [-0.05, 0) is 36.4 Å². The Balaban J connectivity index is 1.62. The van der Waals surface area contributed by atoms with Crippen molar-refractivity contribution in [3.63, 3.8) is 0 Å². The highest BCUT2D eigenvalue weighted by molar-refractivity contribution is 7.19. The Kier molecular flexibility index (Phi) is 5.06. The van der Waals surface area contributed by atoms with Gasteiger partial charge in [0, 0.05) is 23.9 Å². The van der Waals surface area contributed by atoms with Crippen LogP contribution in [0, 0.1) is 0 Å². The standard InChI is InChI=1S/C18H16N4O2S/c1-12(23)20-15-9-7-13(8-10-15)17(24)22-16-11-19-18(25-16)21-14-5-3-2-4-6-14/h2-11H,1H3,(H,19,21)(H,20,23)(H,22,24). The van der Waals surface area contributed by atoms with Crippen LogP contribution in [0.1, 0.15) is 17.3 Å². The lowest BCUT2D eigenvalue weighted by atomic mass is 10.2. The normalized spacial score (nSPS) is 10.1. The Labute approximate surface area is 148 Å². The molecule has 1 heterocycles. The van der Waals surface area contributed by atoms with E-state index in [0.29, 0.717) is 21.4 Å². The fourth-order valence-corrected chi connectivity index (χ4v) is 2.86. The molecule has 0 atom stereocenters. The summed E-state index contributed by atoms with van der Waals surface area (Å²) >= 11 is 1.35. The van der Waals surface area contributed by atoms with Crippen LogP contribution < -0.4 is 16.0 Å². The highest BCUT2D eigenvalue weighted by atomic mass is 32.1. The van der Waals surface area contributed by atoms with Gasteiger partial charge in [-0.15, -0.1) is 0 Å². The number of nitrogens with zero attached hydrogens (tertiary/aromatic N) is 1. The fraction of sp³-hybridized carbons (Fsp3) is 0.0556. The molecule has 0 saturated heterocycles. The third-order valence-electron chi connectivity index (χ3n) is 3.23. The van der Waals surface area contributed by atoms with Gasteiger partial charge in [-0.1, -0.05) is 29.5 Å². The second-order valence-electron chi connectivity index (χ2n) is 5.23.